The van der Waals surface area contributed by atoms with E-state index < -0.39 is 35.3 Å². The van der Waals surface area contributed by atoms with Crippen LogP contribution in [0.15, 0.2) is 36.5 Å². The first kappa shape index (κ1) is 21.4. The molecule has 1 aliphatic heterocycles. The molecule has 2 heterocycles. The molecule has 1 atom stereocenters. The van der Waals surface area contributed by atoms with Crippen LogP contribution < -0.4 is 5.06 Å². The average Bonchev–Trinajstić information content (AvgIpc) is 2.70. The zero-order valence-electron chi connectivity index (χ0n) is 15.8. The van der Waals surface area contributed by atoms with E-state index in [-0.39, 0.29) is 23.1 Å². The molecule has 1 amide bonds. The van der Waals surface area contributed by atoms with E-state index in [0.717, 1.165) is 12.1 Å². The van der Waals surface area contributed by atoms with Crippen LogP contribution in [0.4, 0.5) is 19.0 Å². The fourth-order valence-corrected chi connectivity index (χ4v) is 3.06. The van der Waals surface area contributed by atoms with Gasteiger partial charge >= 0.3 is 12.1 Å². The van der Waals surface area contributed by atoms with Gasteiger partial charge in [-0.3, -0.25) is 19.6 Å². The predicted octanol–water partition coefficient (Wildman–Crippen LogP) is 2.98. The lowest BCUT2D eigenvalue weighted by atomic mass is 9.92. The van der Waals surface area contributed by atoms with Crippen LogP contribution in [-0.2, 0) is 33.3 Å². The van der Waals surface area contributed by atoms with Crippen molar-refractivity contribution in [3.63, 3.8) is 0 Å². The second kappa shape index (κ2) is 8.23. The Morgan fingerprint density at radius 3 is 2.40 bits per heavy atom. The number of ether oxygens (including phenoxy) is 1. The van der Waals surface area contributed by atoms with Crippen molar-refractivity contribution < 1.29 is 37.5 Å². The summed E-state index contributed by atoms with van der Waals surface area (Å²) >= 11 is 0. The lowest BCUT2D eigenvalue weighted by molar-refractivity contribution is -0.150. The van der Waals surface area contributed by atoms with Gasteiger partial charge in [0.1, 0.15) is 0 Å². The van der Waals surface area contributed by atoms with Gasteiger partial charge in [0.05, 0.1) is 17.7 Å². The van der Waals surface area contributed by atoms with Gasteiger partial charge in [0.15, 0.2) is 11.6 Å². The van der Waals surface area contributed by atoms with Gasteiger partial charge in [0, 0.05) is 6.20 Å². The number of fused-ring (bicyclic) bond motifs is 1. The van der Waals surface area contributed by atoms with Crippen LogP contribution in [0.5, 0.6) is 0 Å². The molecule has 1 unspecified atom stereocenters. The normalized spacial score (nSPS) is 16.4. The number of amides is 1. The Hall–Kier alpha value is -3.27. The molecule has 30 heavy (non-hydrogen) atoms. The van der Waals surface area contributed by atoms with Crippen LogP contribution >= 0.6 is 0 Å². The minimum Gasteiger partial charge on any atom is -0.465 e. The Labute approximate surface area is 169 Å². The van der Waals surface area contributed by atoms with E-state index in [1.165, 1.54) is 31.3 Å². The Morgan fingerprint density at radius 2 is 1.80 bits per heavy atom. The topological polar surface area (TPSA) is 96.8 Å². The third kappa shape index (κ3) is 4.18. The highest BCUT2D eigenvalue weighted by Gasteiger charge is 2.45. The van der Waals surface area contributed by atoms with Crippen LogP contribution in [0.25, 0.3) is 0 Å². The van der Waals surface area contributed by atoms with Crippen LogP contribution in [-0.4, -0.2) is 34.5 Å². The van der Waals surface area contributed by atoms with Crippen LogP contribution in [0.2, 0.25) is 0 Å². The van der Waals surface area contributed by atoms with E-state index in [1.807, 2.05) is 0 Å². The van der Waals surface area contributed by atoms with Gasteiger partial charge in [-0.05, 0) is 49.1 Å². The number of nitrogens with zero attached hydrogens (tertiary/aromatic N) is 2. The summed E-state index contributed by atoms with van der Waals surface area (Å²) in [6.07, 6.45) is -2.36. The molecule has 0 fully saturated rings. The standard InChI is InChI=1S/C20H17F3N2O5/c1-2-30-19(28)15-16(26)14-9-12(10-24-17(14)25(29)18(15)27)4-3-11-5-7-13(8-6-11)20(21,22)23/h5-10,15,29H,2-4H2,1H3. The van der Waals surface area contributed by atoms with Gasteiger partial charge in [-0.15, -0.1) is 0 Å². The molecule has 0 saturated heterocycles. The molecule has 158 valence electrons. The van der Waals surface area contributed by atoms with E-state index in [0.29, 0.717) is 24.0 Å². The number of pyridine rings is 1. The van der Waals surface area contributed by atoms with Gasteiger partial charge in [-0.25, -0.2) is 4.98 Å². The highest BCUT2D eigenvalue weighted by Crippen LogP contribution is 2.30. The number of aromatic nitrogens is 1. The first-order chi connectivity index (χ1) is 14.1. The van der Waals surface area contributed by atoms with Gasteiger partial charge in [-0.2, -0.15) is 18.2 Å². The molecule has 10 heteroatoms. The summed E-state index contributed by atoms with van der Waals surface area (Å²) in [6.45, 7) is 1.47. The van der Waals surface area contributed by atoms with Crippen LogP contribution in [0.3, 0.4) is 0 Å². The highest BCUT2D eigenvalue weighted by atomic mass is 19.4. The van der Waals surface area contributed by atoms with Crippen molar-refractivity contribution >= 4 is 23.5 Å². The van der Waals surface area contributed by atoms with Crippen molar-refractivity contribution in [2.24, 2.45) is 5.92 Å². The van der Waals surface area contributed by atoms with Gasteiger partial charge in [-0.1, -0.05) is 12.1 Å². The fourth-order valence-electron chi connectivity index (χ4n) is 3.06. The fraction of sp³-hybridized carbons (Fsp3) is 0.300. The summed E-state index contributed by atoms with van der Waals surface area (Å²) in [5, 5.41) is 10.1. The van der Waals surface area contributed by atoms with E-state index >= 15 is 0 Å². The lowest BCUT2D eigenvalue weighted by Gasteiger charge is -2.26. The molecule has 0 bridgehead atoms. The summed E-state index contributed by atoms with van der Waals surface area (Å²) in [6, 6.07) is 6.11. The first-order valence-electron chi connectivity index (χ1n) is 9.02. The number of carbonyl (C=O) groups is 3. The first-order valence-corrected chi connectivity index (χ1v) is 9.02. The number of Topliss-reactive ketones (excluding diaryl/α,β-unsaturated/α-hetero) is 1. The number of carbonyl (C=O) groups excluding carboxylic acids is 3. The molecule has 2 aromatic rings. The molecule has 0 aliphatic carbocycles. The van der Waals surface area contributed by atoms with Crippen molar-refractivity contribution in [2.75, 3.05) is 11.7 Å². The number of anilines is 1. The summed E-state index contributed by atoms with van der Waals surface area (Å²) in [7, 11) is 0. The Bertz CT molecular complexity index is 989. The lowest BCUT2D eigenvalue weighted by Crippen LogP contribution is -2.47. The molecule has 1 N–H and O–H groups in total. The summed E-state index contributed by atoms with van der Waals surface area (Å²) < 4.78 is 42.7. The highest BCUT2D eigenvalue weighted by molar-refractivity contribution is 6.29. The quantitative estimate of drug-likeness (QED) is 0.452. The Morgan fingerprint density at radius 1 is 1.17 bits per heavy atom. The minimum absolute atomic E-state index is 0.0421. The second-order valence-electron chi connectivity index (χ2n) is 6.61. The maximum Gasteiger partial charge on any atom is 0.416 e. The third-order valence-corrected chi connectivity index (χ3v) is 4.61. The van der Waals surface area contributed by atoms with Crippen molar-refractivity contribution in [3.05, 3.63) is 58.8 Å². The second-order valence-corrected chi connectivity index (χ2v) is 6.61. The Balaban J connectivity index is 1.79. The van der Waals surface area contributed by atoms with Gasteiger partial charge < -0.3 is 4.74 Å². The number of alkyl halides is 3. The molecule has 1 aromatic carbocycles. The van der Waals surface area contributed by atoms with E-state index in [9.17, 15) is 32.8 Å². The smallest absolute Gasteiger partial charge is 0.416 e. The largest absolute Gasteiger partial charge is 0.465 e. The van der Waals surface area contributed by atoms with Crippen molar-refractivity contribution in [1.82, 2.24) is 4.98 Å². The van der Waals surface area contributed by atoms with Crippen LogP contribution in [0, 0.1) is 5.92 Å². The average molecular weight is 422 g/mol. The molecule has 0 spiro atoms. The summed E-state index contributed by atoms with van der Waals surface area (Å²) in [5.41, 5.74) is 0.341. The van der Waals surface area contributed by atoms with Crippen molar-refractivity contribution in [3.8, 4) is 0 Å². The number of hydrogen-bond donors (Lipinski definition) is 1. The zero-order chi connectivity index (χ0) is 22.1. The zero-order valence-corrected chi connectivity index (χ0v) is 15.8. The van der Waals surface area contributed by atoms with Gasteiger partial charge in [0.25, 0.3) is 5.91 Å². The number of hydroxylamine groups is 1. The number of halogens is 3. The SMILES string of the molecule is CCOC(=O)C1C(=O)c2cc(CCc3ccc(C(F)(F)F)cc3)cnc2N(O)C1=O. The molecule has 7 nitrogen and oxygen atoms in total. The van der Waals surface area contributed by atoms with Crippen molar-refractivity contribution in [2.45, 2.75) is 25.9 Å². The van der Waals surface area contributed by atoms with Crippen molar-refractivity contribution in [1.29, 1.82) is 0 Å². The predicted molar refractivity (Wildman–Crippen MR) is 96.8 cm³/mol. The van der Waals surface area contributed by atoms with E-state index in [4.69, 9.17) is 4.74 Å². The number of hydrogen-bond acceptors (Lipinski definition) is 6. The monoisotopic (exact) mass is 422 g/mol. The third-order valence-electron chi connectivity index (χ3n) is 4.61. The Kier molecular flexibility index (Phi) is 5.88. The molecular weight excluding hydrogens is 405 g/mol. The number of ketones is 1. The molecule has 0 radical (unpaired) electrons. The molecule has 1 aromatic heterocycles. The van der Waals surface area contributed by atoms with E-state index in [2.05, 4.69) is 4.98 Å². The molecule has 3 rings (SSSR count). The van der Waals surface area contributed by atoms with E-state index in [1.54, 1.807) is 0 Å². The number of aryl methyl sites for hydroxylation is 2. The molecule has 1 aliphatic rings. The molecule has 0 saturated carbocycles. The summed E-state index contributed by atoms with van der Waals surface area (Å²) in [5.74, 6) is -5.14. The maximum atomic E-state index is 12.6. The maximum absolute atomic E-state index is 12.6. The molecular formula is C20H17F3N2O5. The number of benzene rings is 1. The van der Waals surface area contributed by atoms with Gasteiger partial charge in [0.2, 0.25) is 5.92 Å². The minimum atomic E-state index is -4.41. The number of rotatable bonds is 5. The van der Waals surface area contributed by atoms with Crippen LogP contribution in [0.1, 0.15) is 34.0 Å². The number of esters is 1. The summed E-state index contributed by atoms with van der Waals surface area (Å²) in [4.78, 5) is 40.7.